The van der Waals surface area contributed by atoms with Crippen molar-refractivity contribution >= 4 is 51.5 Å². The van der Waals surface area contributed by atoms with Gasteiger partial charge in [0.25, 0.3) is 0 Å². The van der Waals surface area contributed by atoms with Crippen molar-refractivity contribution in [3.05, 3.63) is 66.3 Å². The van der Waals surface area contributed by atoms with E-state index < -0.39 is 11.9 Å². The van der Waals surface area contributed by atoms with Crippen LogP contribution < -0.4 is 0 Å². The van der Waals surface area contributed by atoms with E-state index in [-0.39, 0.29) is 11.4 Å². The lowest BCUT2D eigenvalue weighted by molar-refractivity contribution is 0.111. The predicted molar refractivity (Wildman–Crippen MR) is 94.3 cm³/mol. The van der Waals surface area contributed by atoms with Crippen LogP contribution in [0.25, 0.3) is 0 Å². The van der Waals surface area contributed by atoms with Gasteiger partial charge in [0, 0.05) is 12.7 Å². The highest BCUT2D eigenvalue weighted by Crippen LogP contribution is 2.20. The maximum atomic E-state index is 13.1. The topological polar surface area (TPSA) is 37.3 Å². The average Bonchev–Trinajstić information content (AvgIpc) is 2.45. The molecule has 2 nitrogen and oxygen atoms in total. The van der Waals surface area contributed by atoms with Crippen LogP contribution in [0.2, 0.25) is 0 Å². The highest BCUT2D eigenvalue weighted by atomic mass is 127. The molecule has 1 N–H and O–H groups in total. The Hall–Kier alpha value is -0.610. The quantitative estimate of drug-likeness (QED) is 0.464. The van der Waals surface area contributed by atoms with Crippen LogP contribution in [0.3, 0.4) is 0 Å². The first-order valence-corrected chi connectivity index (χ1v) is 8.05. The van der Waals surface area contributed by atoms with E-state index in [0.29, 0.717) is 19.0 Å². The second-order valence-electron chi connectivity index (χ2n) is 4.08. The fourth-order valence-electron chi connectivity index (χ4n) is 1.45. The Morgan fingerprint density at radius 1 is 1.05 bits per heavy atom. The molecule has 2 aromatic rings. The van der Waals surface area contributed by atoms with Crippen LogP contribution in [0, 0.1) is 18.8 Å². The highest BCUT2D eigenvalue weighted by Gasteiger charge is 2.09. The number of carbonyl (C=O) groups excluding carboxylic acids is 1. The summed E-state index contributed by atoms with van der Waals surface area (Å²) in [7, 11) is 0. The first-order valence-electron chi connectivity index (χ1n) is 5.89. The maximum Gasteiger partial charge on any atom is 0.153 e. The lowest BCUT2D eigenvalue weighted by atomic mass is 10.1. The van der Waals surface area contributed by atoms with Crippen molar-refractivity contribution in [3.8, 4) is 0 Å². The largest absolute Gasteiger partial charge is 0.389 e. The van der Waals surface area contributed by atoms with Crippen LogP contribution in [0.1, 0.15) is 28.9 Å². The van der Waals surface area contributed by atoms with Crippen molar-refractivity contribution in [2.45, 2.75) is 13.0 Å². The molecule has 0 heterocycles. The third-order valence-corrected chi connectivity index (χ3v) is 4.21. The number of aldehydes is 1. The zero-order valence-electron chi connectivity index (χ0n) is 11.0. The van der Waals surface area contributed by atoms with Gasteiger partial charge in [0.1, 0.15) is 11.6 Å². The standard InChI is InChI=1S/C8H8FIO.C7H4FIO/c1-5(11)6-3-2-4-7(10)8(6)9;8-7-5(4-10)2-1-3-6(7)9/h2-5,11H,1H3;1-4H. The monoisotopic (exact) mass is 516 g/mol. The van der Waals surface area contributed by atoms with E-state index >= 15 is 0 Å². The molecular formula is C15H12F2I2O2. The molecule has 112 valence electrons. The third kappa shape index (κ3) is 5.26. The molecule has 1 unspecified atom stereocenters. The van der Waals surface area contributed by atoms with Crippen LogP contribution in [0.5, 0.6) is 0 Å². The van der Waals surface area contributed by atoms with Crippen molar-refractivity contribution in [1.29, 1.82) is 0 Å². The van der Waals surface area contributed by atoms with Crippen molar-refractivity contribution in [2.24, 2.45) is 0 Å². The zero-order chi connectivity index (χ0) is 16.0. The van der Waals surface area contributed by atoms with Gasteiger partial charge in [0.05, 0.1) is 11.7 Å². The molecule has 0 aromatic heterocycles. The van der Waals surface area contributed by atoms with Gasteiger partial charge in [-0.3, -0.25) is 4.79 Å². The SMILES string of the molecule is CC(O)c1cccc(I)c1F.O=Cc1cccc(I)c1F. The van der Waals surface area contributed by atoms with Crippen LogP contribution in [-0.2, 0) is 0 Å². The Morgan fingerprint density at radius 2 is 1.57 bits per heavy atom. The van der Waals surface area contributed by atoms with Crippen molar-refractivity contribution in [2.75, 3.05) is 0 Å². The predicted octanol–water partition coefficient (Wildman–Crippen LogP) is 4.73. The Labute approximate surface area is 148 Å². The van der Waals surface area contributed by atoms with E-state index in [1.54, 1.807) is 37.3 Å². The van der Waals surface area contributed by atoms with E-state index in [4.69, 9.17) is 5.11 Å². The minimum Gasteiger partial charge on any atom is -0.389 e. The summed E-state index contributed by atoms with van der Waals surface area (Å²) in [5.74, 6) is -0.749. The first-order chi connectivity index (χ1) is 9.88. The lowest BCUT2D eigenvalue weighted by Crippen LogP contribution is -1.96. The molecule has 2 rings (SSSR count). The number of aliphatic hydroxyl groups excluding tert-OH is 1. The minimum absolute atomic E-state index is 0.118. The molecule has 0 aliphatic carbocycles. The number of carbonyl (C=O) groups is 1. The summed E-state index contributed by atoms with van der Waals surface area (Å²) in [5.41, 5.74) is 0.476. The second kappa shape index (κ2) is 8.74. The fourth-order valence-corrected chi connectivity index (χ4v) is 2.49. The lowest BCUT2D eigenvalue weighted by Gasteiger charge is -2.06. The van der Waals surface area contributed by atoms with Crippen molar-refractivity contribution < 1.29 is 18.7 Å². The number of halogens is 4. The molecule has 0 amide bonds. The van der Waals surface area contributed by atoms with Gasteiger partial charge in [0.15, 0.2) is 6.29 Å². The highest BCUT2D eigenvalue weighted by molar-refractivity contribution is 14.1. The second-order valence-corrected chi connectivity index (χ2v) is 6.40. The van der Waals surface area contributed by atoms with Gasteiger partial charge < -0.3 is 5.11 Å². The molecule has 0 spiro atoms. The van der Waals surface area contributed by atoms with E-state index in [1.807, 2.05) is 45.2 Å². The van der Waals surface area contributed by atoms with Gasteiger partial charge in [-0.2, -0.15) is 0 Å². The Bertz CT molecular complexity index is 631. The summed E-state index contributed by atoms with van der Waals surface area (Å²) < 4.78 is 26.9. The molecule has 1 atom stereocenters. The molecule has 0 aliphatic heterocycles. The smallest absolute Gasteiger partial charge is 0.153 e. The molecule has 21 heavy (non-hydrogen) atoms. The number of rotatable bonds is 2. The van der Waals surface area contributed by atoms with Crippen LogP contribution in [0.4, 0.5) is 8.78 Å². The van der Waals surface area contributed by atoms with Crippen molar-refractivity contribution in [1.82, 2.24) is 0 Å². The summed E-state index contributed by atoms with van der Waals surface area (Å²) >= 11 is 3.74. The molecule has 0 bridgehead atoms. The van der Waals surface area contributed by atoms with Gasteiger partial charge in [-0.25, -0.2) is 8.78 Å². The van der Waals surface area contributed by atoms with Gasteiger partial charge in [0.2, 0.25) is 0 Å². The number of hydrogen-bond acceptors (Lipinski definition) is 2. The van der Waals surface area contributed by atoms with Gasteiger partial charge >= 0.3 is 0 Å². The zero-order valence-corrected chi connectivity index (χ0v) is 15.3. The summed E-state index contributed by atoms with van der Waals surface area (Å²) in [6, 6.07) is 9.69. The maximum absolute atomic E-state index is 13.1. The summed E-state index contributed by atoms with van der Waals surface area (Å²) in [6.45, 7) is 1.55. The Morgan fingerprint density at radius 3 is 2.00 bits per heavy atom. The molecular weight excluding hydrogens is 504 g/mol. The Kier molecular flexibility index (Phi) is 7.67. The molecule has 0 saturated heterocycles. The molecule has 0 fully saturated rings. The number of benzene rings is 2. The van der Waals surface area contributed by atoms with Crippen molar-refractivity contribution in [3.63, 3.8) is 0 Å². The van der Waals surface area contributed by atoms with E-state index in [2.05, 4.69) is 0 Å². The average molecular weight is 516 g/mol. The van der Waals surface area contributed by atoms with E-state index in [9.17, 15) is 13.6 Å². The third-order valence-electron chi connectivity index (χ3n) is 2.54. The van der Waals surface area contributed by atoms with Gasteiger partial charge in [-0.15, -0.1) is 0 Å². The molecule has 2 aromatic carbocycles. The molecule has 0 aliphatic rings. The van der Waals surface area contributed by atoms with Crippen LogP contribution in [0.15, 0.2) is 36.4 Å². The van der Waals surface area contributed by atoms with Crippen LogP contribution >= 0.6 is 45.2 Å². The summed E-state index contributed by atoms with van der Waals surface area (Å²) in [4.78, 5) is 10.1. The van der Waals surface area contributed by atoms with Gasteiger partial charge in [-0.05, 0) is 70.3 Å². The van der Waals surface area contributed by atoms with E-state index in [1.165, 1.54) is 6.07 Å². The normalized spacial score (nSPS) is 11.3. The number of hydrogen-bond donors (Lipinski definition) is 1. The molecule has 6 heteroatoms. The fraction of sp³-hybridized carbons (Fsp3) is 0.133. The summed E-state index contributed by atoms with van der Waals surface area (Å²) in [6.07, 6.45) is -0.220. The Balaban J connectivity index is 0.000000211. The van der Waals surface area contributed by atoms with E-state index in [0.717, 1.165) is 0 Å². The minimum atomic E-state index is -0.732. The van der Waals surface area contributed by atoms with Crippen LogP contribution in [-0.4, -0.2) is 11.4 Å². The van der Waals surface area contributed by atoms with Gasteiger partial charge in [-0.1, -0.05) is 18.2 Å². The first kappa shape index (κ1) is 18.4. The number of aliphatic hydroxyl groups is 1. The molecule has 0 radical (unpaired) electrons. The molecule has 0 saturated carbocycles. The summed E-state index contributed by atoms with van der Waals surface area (Å²) in [5, 5.41) is 9.09.